The Balaban J connectivity index is 1.79. The molecule has 8 heteroatoms. The van der Waals surface area contributed by atoms with Gasteiger partial charge in [-0.15, -0.1) is 0 Å². The van der Waals surface area contributed by atoms with Crippen LogP contribution < -0.4 is 11.1 Å². The Morgan fingerprint density at radius 3 is 2.59 bits per heavy atom. The monoisotopic (exact) mass is 435 g/mol. The first-order valence-corrected chi connectivity index (χ1v) is 10.4. The van der Waals surface area contributed by atoms with Crippen molar-refractivity contribution in [1.29, 1.82) is 0 Å². The third-order valence-electron chi connectivity index (χ3n) is 5.52. The van der Waals surface area contributed by atoms with E-state index in [2.05, 4.69) is 10.3 Å². The van der Waals surface area contributed by atoms with Crippen LogP contribution in [0.25, 0.3) is 21.8 Å². The van der Waals surface area contributed by atoms with Gasteiger partial charge in [0, 0.05) is 35.4 Å². The molecular formula is C24H26FN5O2. The number of ether oxygens (including phenoxy) is 1. The lowest BCUT2D eigenvalue weighted by Gasteiger charge is -2.28. The Morgan fingerprint density at radius 2 is 1.91 bits per heavy atom. The van der Waals surface area contributed by atoms with E-state index in [0.717, 1.165) is 22.0 Å². The molecule has 4 aromatic rings. The maximum absolute atomic E-state index is 13.2. The molecule has 0 aliphatic rings. The molecule has 7 nitrogen and oxygen atoms in total. The molecular weight excluding hydrogens is 409 g/mol. The lowest BCUT2D eigenvalue weighted by atomic mass is 9.94. The first-order valence-electron chi connectivity index (χ1n) is 10.4. The fraction of sp³-hybridized carbons (Fsp3) is 0.292. The van der Waals surface area contributed by atoms with Gasteiger partial charge in [-0.3, -0.25) is 4.79 Å². The minimum absolute atomic E-state index is 0.281. The molecule has 2 heterocycles. The summed E-state index contributed by atoms with van der Waals surface area (Å²) < 4.78 is 20.6. The van der Waals surface area contributed by atoms with Crippen molar-refractivity contribution in [3.8, 4) is 0 Å². The van der Waals surface area contributed by atoms with E-state index in [-0.39, 0.29) is 18.0 Å². The number of hydrogen-bond acceptors (Lipinski definition) is 5. The number of fused-ring (bicyclic) bond motifs is 3. The highest BCUT2D eigenvalue weighted by molar-refractivity contribution is 6.09. The van der Waals surface area contributed by atoms with E-state index in [1.165, 1.54) is 24.3 Å². The minimum atomic E-state index is -0.650. The molecule has 0 aliphatic heterocycles. The predicted octanol–water partition coefficient (Wildman–Crippen LogP) is 4.22. The molecule has 2 aromatic heterocycles. The molecule has 166 valence electrons. The number of anilines is 1. The number of methoxy groups -OCH3 is 1. The largest absolute Gasteiger partial charge is 0.382 e. The fourth-order valence-electron chi connectivity index (χ4n) is 3.91. The van der Waals surface area contributed by atoms with Crippen LogP contribution in [-0.2, 0) is 11.2 Å². The van der Waals surface area contributed by atoms with Gasteiger partial charge in [-0.2, -0.15) is 5.10 Å². The number of amides is 1. The normalized spacial score (nSPS) is 12.9. The van der Waals surface area contributed by atoms with Crippen molar-refractivity contribution in [3.05, 3.63) is 65.6 Å². The summed E-state index contributed by atoms with van der Waals surface area (Å²) in [6, 6.07) is 13.2. The third-order valence-corrected chi connectivity index (χ3v) is 5.52. The van der Waals surface area contributed by atoms with E-state index in [1.54, 1.807) is 11.8 Å². The van der Waals surface area contributed by atoms with Crippen LogP contribution in [0.5, 0.6) is 0 Å². The molecule has 4 rings (SSSR count). The summed E-state index contributed by atoms with van der Waals surface area (Å²) in [5.41, 5.74) is 8.24. The van der Waals surface area contributed by atoms with Gasteiger partial charge in [0.2, 0.25) is 0 Å². The van der Waals surface area contributed by atoms with Crippen LogP contribution in [0.3, 0.4) is 0 Å². The van der Waals surface area contributed by atoms with E-state index in [4.69, 9.17) is 15.6 Å². The van der Waals surface area contributed by atoms with Gasteiger partial charge in [-0.05, 0) is 51.1 Å². The van der Waals surface area contributed by atoms with Crippen LogP contribution >= 0.6 is 0 Å². The molecule has 0 bridgehead atoms. The summed E-state index contributed by atoms with van der Waals surface area (Å²) in [6.45, 7) is 5.76. The Morgan fingerprint density at radius 1 is 1.22 bits per heavy atom. The summed E-state index contributed by atoms with van der Waals surface area (Å²) in [5.74, 6) is -0.325. The smallest absolute Gasteiger partial charge is 0.251 e. The Labute approximate surface area is 185 Å². The van der Waals surface area contributed by atoms with Crippen LogP contribution in [0.4, 0.5) is 10.2 Å². The zero-order chi connectivity index (χ0) is 23.0. The van der Waals surface area contributed by atoms with Crippen LogP contribution in [0.1, 0.15) is 43.1 Å². The zero-order valence-electron chi connectivity index (χ0n) is 18.5. The quantitative estimate of drug-likeness (QED) is 0.473. The van der Waals surface area contributed by atoms with Gasteiger partial charge < -0.3 is 15.8 Å². The summed E-state index contributed by atoms with van der Waals surface area (Å²) in [4.78, 5) is 17.3. The van der Waals surface area contributed by atoms with Crippen molar-refractivity contribution in [1.82, 2.24) is 20.1 Å². The molecule has 0 aliphatic carbocycles. The molecule has 0 saturated heterocycles. The number of rotatable bonds is 6. The number of aromatic nitrogens is 3. The van der Waals surface area contributed by atoms with Gasteiger partial charge in [0.25, 0.3) is 5.91 Å². The number of nitrogens with one attached hydrogen (secondary N) is 1. The molecule has 3 N–H and O–H groups in total. The van der Waals surface area contributed by atoms with Gasteiger partial charge in [-0.1, -0.05) is 18.2 Å². The van der Waals surface area contributed by atoms with Crippen LogP contribution in [-0.4, -0.2) is 33.3 Å². The Hall–Kier alpha value is -3.52. The molecule has 1 amide bonds. The second-order valence-corrected chi connectivity index (χ2v) is 8.49. The number of halogens is 1. The summed E-state index contributed by atoms with van der Waals surface area (Å²) in [6.07, 6.45) is 0.108. The number of benzene rings is 2. The molecule has 32 heavy (non-hydrogen) atoms. The molecule has 2 aromatic carbocycles. The number of carbonyl (C=O) groups excluding carboxylic acids is 1. The van der Waals surface area contributed by atoms with E-state index >= 15 is 0 Å². The predicted molar refractivity (Wildman–Crippen MR) is 123 cm³/mol. The molecule has 0 saturated carbocycles. The van der Waals surface area contributed by atoms with E-state index in [9.17, 15) is 9.18 Å². The number of nitrogens with zero attached hydrogens (tertiary/aromatic N) is 3. The Kier molecular flexibility index (Phi) is 5.56. The molecule has 0 spiro atoms. The summed E-state index contributed by atoms with van der Waals surface area (Å²) in [5, 5.41) is 9.59. The maximum Gasteiger partial charge on any atom is 0.251 e. The van der Waals surface area contributed by atoms with Crippen molar-refractivity contribution >= 4 is 33.5 Å². The number of pyridine rings is 1. The second-order valence-electron chi connectivity index (χ2n) is 8.49. The fourth-order valence-corrected chi connectivity index (χ4v) is 3.91. The lowest BCUT2D eigenvalue weighted by Crippen LogP contribution is -2.45. The molecule has 0 radical (unpaired) electrons. The standard InChI is InChI=1S/C24H26FN5O2/c1-14(32-4)30-19(13-24(2,3)28-23(31)15-9-11-16(25)12-10-15)20-17-7-5-6-8-18(17)27-22(26)21(20)29-30/h5-12,14H,13H2,1-4H3,(H2,26,27)(H,28,31). The molecule has 0 fully saturated rings. The number of nitrogens with two attached hydrogens (primary N) is 1. The van der Waals surface area contributed by atoms with Gasteiger partial charge in [-0.25, -0.2) is 14.1 Å². The topological polar surface area (TPSA) is 95.1 Å². The van der Waals surface area contributed by atoms with Gasteiger partial charge in [0.05, 0.1) is 11.2 Å². The van der Waals surface area contributed by atoms with Crippen molar-refractivity contribution < 1.29 is 13.9 Å². The van der Waals surface area contributed by atoms with Crippen LogP contribution in [0.2, 0.25) is 0 Å². The SMILES string of the molecule is COC(C)n1nc2c(N)nc3ccccc3c2c1CC(C)(C)NC(=O)c1ccc(F)cc1. The van der Waals surface area contributed by atoms with Crippen LogP contribution in [0.15, 0.2) is 48.5 Å². The van der Waals surface area contributed by atoms with E-state index in [0.29, 0.717) is 23.3 Å². The molecule has 1 unspecified atom stereocenters. The van der Waals surface area contributed by atoms with E-state index in [1.807, 2.05) is 45.0 Å². The summed E-state index contributed by atoms with van der Waals surface area (Å²) in [7, 11) is 1.61. The van der Waals surface area contributed by atoms with Gasteiger partial charge in [0.15, 0.2) is 5.82 Å². The van der Waals surface area contributed by atoms with Crippen LogP contribution in [0, 0.1) is 5.82 Å². The average molecular weight is 436 g/mol. The number of nitrogen functional groups attached to an aromatic ring is 1. The minimum Gasteiger partial charge on any atom is -0.382 e. The van der Waals surface area contributed by atoms with Gasteiger partial charge >= 0.3 is 0 Å². The van der Waals surface area contributed by atoms with Crippen molar-refractivity contribution in [3.63, 3.8) is 0 Å². The van der Waals surface area contributed by atoms with Crippen molar-refractivity contribution in [2.75, 3.05) is 12.8 Å². The highest BCUT2D eigenvalue weighted by atomic mass is 19.1. The average Bonchev–Trinajstić information content (AvgIpc) is 3.12. The molecule has 1 atom stereocenters. The maximum atomic E-state index is 13.2. The number of carbonyl (C=O) groups is 1. The number of para-hydroxylation sites is 1. The van der Waals surface area contributed by atoms with E-state index < -0.39 is 5.54 Å². The highest BCUT2D eigenvalue weighted by Gasteiger charge is 2.28. The number of hydrogen-bond donors (Lipinski definition) is 2. The second kappa shape index (κ2) is 8.20. The van der Waals surface area contributed by atoms with Gasteiger partial charge in [0.1, 0.15) is 17.6 Å². The van der Waals surface area contributed by atoms with Crippen molar-refractivity contribution in [2.45, 2.75) is 39.0 Å². The Bertz CT molecular complexity index is 1300. The zero-order valence-corrected chi connectivity index (χ0v) is 18.5. The van der Waals surface area contributed by atoms with Crippen molar-refractivity contribution in [2.24, 2.45) is 0 Å². The first kappa shape index (κ1) is 21.7. The first-order chi connectivity index (χ1) is 15.2. The highest BCUT2D eigenvalue weighted by Crippen LogP contribution is 2.33. The summed E-state index contributed by atoms with van der Waals surface area (Å²) >= 11 is 0. The lowest BCUT2D eigenvalue weighted by molar-refractivity contribution is 0.0475. The third kappa shape index (κ3) is 4.01.